The molecule has 0 bridgehead atoms. The van der Waals surface area contributed by atoms with Crippen LogP contribution in [0.2, 0.25) is 0 Å². The minimum absolute atomic E-state index is 0.214. The fourth-order valence-electron chi connectivity index (χ4n) is 3.71. The van der Waals surface area contributed by atoms with Gasteiger partial charge in [0.1, 0.15) is 27.9 Å². The van der Waals surface area contributed by atoms with Gasteiger partial charge in [0.15, 0.2) is 15.7 Å². The van der Waals surface area contributed by atoms with E-state index in [1.165, 1.54) is 0 Å². The molecule has 31 heavy (non-hydrogen) atoms. The lowest BCUT2D eigenvalue weighted by Crippen LogP contribution is -2.11. The molecule has 3 aromatic rings. The number of pyridine rings is 1. The van der Waals surface area contributed by atoms with Gasteiger partial charge < -0.3 is 10.3 Å². The Morgan fingerprint density at radius 3 is 2.52 bits per heavy atom. The van der Waals surface area contributed by atoms with Gasteiger partial charge in [-0.15, -0.1) is 0 Å². The molecule has 6 nitrogen and oxygen atoms in total. The molecule has 2 N–H and O–H groups in total. The van der Waals surface area contributed by atoms with Gasteiger partial charge in [-0.3, -0.25) is 0 Å². The summed E-state index contributed by atoms with van der Waals surface area (Å²) < 4.78 is 54.1. The number of hydrogen-bond donors (Lipinski definition) is 1. The predicted molar refractivity (Wildman–Crippen MR) is 118 cm³/mol. The molecule has 0 aliphatic heterocycles. The van der Waals surface area contributed by atoms with E-state index in [0.29, 0.717) is 36.8 Å². The molecular weight excluding hydrogens is 422 g/mol. The largest absolute Gasteiger partial charge is 0.382 e. The summed E-state index contributed by atoms with van der Waals surface area (Å²) in [7, 11) is -3.83. The van der Waals surface area contributed by atoms with Crippen molar-refractivity contribution < 1.29 is 17.2 Å². The van der Waals surface area contributed by atoms with E-state index in [0.717, 1.165) is 54.0 Å². The van der Waals surface area contributed by atoms with Crippen LogP contribution in [0, 0.1) is 25.5 Å². The Kier molecular flexibility index (Phi) is 6.93. The third-order valence-electron chi connectivity index (χ3n) is 5.50. The predicted octanol–water partition coefficient (Wildman–Crippen LogP) is 4.51. The molecule has 2 aromatic heterocycles. The second-order valence-corrected chi connectivity index (χ2v) is 9.87. The van der Waals surface area contributed by atoms with Crippen molar-refractivity contribution in [2.45, 2.75) is 64.3 Å². The Labute approximate surface area is 181 Å². The molecule has 0 amide bonds. The molecular formula is C22H28F2N4O2S. The van der Waals surface area contributed by atoms with Crippen LogP contribution in [-0.4, -0.2) is 28.7 Å². The number of unbranched alkanes of at least 4 members (excludes halogenated alkanes) is 2. The van der Waals surface area contributed by atoms with Gasteiger partial charge in [0.2, 0.25) is 0 Å². The monoisotopic (exact) mass is 450 g/mol. The van der Waals surface area contributed by atoms with E-state index in [1.807, 2.05) is 13.8 Å². The van der Waals surface area contributed by atoms with Crippen LogP contribution in [0.5, 0.6) is 0 Å². The van der Waals surface area contributed by atoms with Crippen LogP contribution in [0.1, 0.15) is 49.7 Å². The van der Waals surface area contributed by atoms with E-state index in [1.54, 1.807) is 0 Å². The lowest BCUT2D eigenvalue weighted by molar-refractivity contribution is 0.545. The van der Waals surface area contributed by atoms with Crippen LogP contribution < -0.4 is 5.73 Å². The smallest absolute Gasteiger partial charge is 0.181 e. The van der Waals surface area contributed by atoms with Gasteiger partial charge in [0.05, 0.1) is 11.3 Å². The number of fused-ring (bicyclic) bond motifs is 1. The van der Waals surface area contributed by atoms with Crippen LogP contribution in [-0.2, 0) is 22.8 Å². The Morgan fingerprint density at radius 1 is 1.10 bits per heavy atom. The third-order valence-corrected chi connectivity index (χ3v) is 7.33. The summed E-state index contributed by atoms with van der Waals surface area (Å²) in [5.74, 6) is -0.775. The fourth-order valence-corrected chi connectivity index (χ4v) is 5.15. The number of anilines is 1. The maximum Gasteiger partial charge on any atom is 0.181 e. The van der Waals surface area contributed by atoms with Crippen LogP contribution in [0.15, 0.2) is 23.1 Å². The van der Waals surface area contributed by atoms with Gasteiger partial charge in [-0.2, -0.15) is 0 Å². The Bertz CT molecular complexity index is 1210. The van der Waals surface area contributed by atoms with Crippen LogP contribution in [0.4, 0.5) is 14.6 Å². The summed E-state index contributed by atoms with van der Waals surface area (Å²) >= 11 is 0. The fraction of sp³-hybridized carbons (Fsp3) is 0.455. The molecule has 0 saturated carbocycles. The number of aryl methyl sites for hydroxylation is 4. The second-order valence-electron chi connectivity index (χ2n) is 7.79. The van der Waals surface area contributed by atoms with E-state index in [4.69, 9.17) is 10.7 Å². The molecule has 2 heterocycles. The van der Waals surface area contributed by atoms with Crippen molar-refractivity contribution in [2.75, 3.05) is 11.5 Å². The van der Waals surface area contributed by atoms with Crippen LogP contribution in [0.3, 0.4) is 0 Å². The van der Waals surface area contributed by atoms with Gasteiger partial charge in [0, 0.05) is 24.7 Å². The molecule has 9 heteroatoms. The molecule has 168 valence electrons. The van der Waals surface area contributed by atoms with E-state index in [-0.39, 0.29) is 5.75 Å². The maximum atomic E-state index is 13.9. The van der Waals surface area contributed by atoms with Crippen molar-refractivity contribution in [3.63, 3.8) is 0 Å². The van der Waals surface area contributed by atoms with Gasteiger partial charge >= 0.3 is 0 Å². The Balaban J connectivity index is 1.80. The molecule has 0 saturated heterocycles. The summed E-state index contributed by atoms with van der Waals surface area (Å²) in [6.45, 7) is 6.56. The molecule has 0 fully saturated rings. The lowest BCUT2D eigenvalue weighted by Gasteiger charge is -2.12. The number of nitrogens with zero attached hydrogens (tertiary/aromatic N) is 3. The summed E-state index contributed by atoms with van der Waals surface area (Å²) in [4.78, 5) is 8.63. The first-order valence-corrected chi connectivity index (χ1v) is 12.1. The highest BCUT2D eigenvalue weighted by atomic mass is 32.2. The first-order chi connectivity index (χ1) is 14.7. The zero-order valence-corrected chi connectivity index (χ0v) is 18.9. The van der Waals surface area contributed by atoms with Crippen molar-refractivity contribution in [1.29, 1.82) is 0 Å². The quantitative estimate of drug-likeness (QED) is 0.383. The zero-order chi connectivity index (χ0) is 22.8. The normalized spacial score (nSPS) is 12.0. The number of nitrogen functional groups attached to an aromatic ring is 1. The minimum atomic E-state index is -3.83. The number of benzene rings is 1. The van der Waals surface area contributed by atoms with Crippen LogP contribution in [0.25, 0.3) is 11.0 Å². The molecule has 3 rings (SSSR count). The van der Waals surface area contributed by atoms with Gasteiger partial charge in [0.25, 0.3) is 0 Å². The Hall–Kier alpha value is -2.55. The average molecular weight is 451 g/mol. The maximum absolute atomic E-state index is 13.9. The van der Waals surface area contributed by atoms with Crippen molar-refractivity contribution in [2.24, 2.45) is 0 Å². The molecule has 0 aliphatic carbocycles. The molecule has 0 spiro atoms. The van der Waals surface area contributed by atoms with Crippen molar-refractivity contribution in [3.8, 4) is 0 Å². The molecule has 0 radical (unpaired) electrons. The number of nitrogens with two attached hydrogens (primary N) is 1. The lowest BCUT2D eigenvalue weighted by atomic mass is 10.2. The van der Waals surface area contributed by atoms with E-state index < -0.39 is 26.4 Å². The number of halogens is 2. The molecule has 0 atom stereocenters. The number of hydrogen-bond acceptors (Lipinski definition) is 5. The highest BCUT2D eigenvalue weighted by Crippen LogP contribution is 2.27. The summed E-state index contributed by atoms with van der Waals surface area (Å²) in [5, 5.41) is 0. The summed E-state index contributed by atoms with van der Waals surface area (Å²) in [5.41, 5.74) is 9.56. The standard InChI is InChI=1S/C22H28F2N4O2S/c1-4-5-8-19-27-20-21(14(2)15(3)26-22(20)25)28(19)11-6-7-12-31(29,30)18-10-9-16(23)13-17(18)24/h9-10,13H,4-8,11-12H2,1-3H3,(H2,25,26). The Morgan fingerprint density at radius 2 is 1.84 bits per heavy atom. The van der Waals surface area contributed by atoms with Crippen molar-refractivity contribution in [1.82, 2.24) is 14.5 Å². The van der Waals surface area contributed by atoms with Crippen molar-refractivity contribution >= 4 is 26.7 Å². The van der Waals surface area contributed by atoms with Gasteiger partial charge in [-0.25, -0.2) is 27.2 Å². The highest BCUT2D eigenvalue weighted by molar-refractivity contribution is 7.91. The molecule has 1 aromatic carbocycles. The van der Waals surface area contributed by atoms with Gasteiger partial charge in [-0.05, 0) is 50.8 Å². The summed E-state index contributed by atoms with van der Waals surface area (Å²) in [6, 6.07) is 2.53. The number of rotatable bonds is 9. The minimum Gasteiger partial charge on any atom is -0.382 e. The summed E-state index contributed by atoms with van der Waals surface area (Å²) in [6.07, 6.45) is 3.70. The topological polar surface area (TPSA) is 90.9 Å². The number of aromatic nitrogens is 3. The number of sulfone groups is 1. The third kappa shape index (κ3) is 4.87. The SMILES string of the molecule is CCCCc1nc2c(N)nc(C)c(C)c2n1CCCCS(=O)(=O)c1ccc(F)cc1F. The van der Waals surface area contributed by atoms with E-state index >= 15 is 0 Å². The zero-order valence-electron chi connectivity index (χ0n) is 18.1. The van der Waals surface area contributed by atoms with E-state index in [2.05, 4.69) is 16.5 Å². The first kappa shape index (κ1) is 23.1. The molecule has 0 aliphatic rings. The first-order valence-electron chi connectivity index (χ1n) is 10.4. The highest BCUT2D eigenvalue weighted by Gasteiger charge is 2.20. The van der Waals surface area contributed by atoms with Crippen molar-refractivity contribution in [3.05, 3.63) is 46.9 Å². The second kappa shape index (κ2) is 9.30. The molecule has 0 unspecified atom stereocenters. The van der Waals surface area contributed by atoms with E-state index in [9.17, 15) is 17.2 Å². The number of imidazole rings is 1. The average Bonchev–Trinajstić information content (AvgIpc) is 3.06. The van der Waals surface area contributed by atoms with Gasteiger partial charge in [-0.1, -0.05) is 13.3 Å². The van der Waals surface area contributed by atoms with Crippen LogP contribution >= 0.6 is 0 Å².